The van der Waals surface area contributed by atoms with E-state index in [4.69, 9.17) is 9.26 Å². The normalized spacial score (nSPS) is 18.6. The second-order valence-electron chi connectivity index (χ2n) is 6.43. The van der Waals surface area contributed by atoms with E-state index in [1.165, 1.54) is 0 Å². The Bertz CT molecular complexity index is 768. The van der Waals surface area contributed by atoms with Crippen molar-refractivity contribution in [1.82, 2.24) is 29.7 Å². The molecule has 2 aromatic heterocycles. The van der Waals surface area contributed by atoms with Crippen LogP contribution in [0.5, 0.6) is 5.75 Å². The lowest BCUT2D eigenvalue weighted by molar-refractivity contribution is -0.136. The fraction of sp³-hybridized carbons (Fsp3) is 0.625. The van der Waals surface area contributed by atoms with Crippen LogP contribution in [0.1, 0.15) is 29.1 Å². The average Bonchev–Trinajstić information content (AvgIpc) is 3.10. The fourth-order valence-corrected chi connectivity index (χ4v) is 3.00. The molecule has 1 aliphatic rings. The molecule has 1 saturated heterocycles. The first-order valence-corrected chi connectivity index (χ1v) is 8.28. The largest absolute Gasteiger partial charge is 0.480 e. The molecule has 1 amide bonds. The fourth-order valence-electron chi connectivity index (χ4n) is 3.00. The van der Waals surface area contributed by atoms with Crippen LogP contribution in [0.2, 0.25) is 0 Å². The van der Waals surface area contributed by atoms with Crippen molar-refractivity contribution in [1.29, 1.82) is 0 Å². The van der Waals surface area contributed by atoms with Crippen LogP contribution >= 0.6 is 0 Å². The van der Waals surface area contributed by atoms with Gasteiger partial charge in [-0.25, -0.2) is 0 Å². The summed E-state index contributed by atoms with van der Waals surface area (Å²) in [4.78, 5) is 20.8. The second-order valence-corrected chi connectivity index (χ2v) is 6.43. The predicted molar refractivity (Wildman–Crippen MR) is 89.2 cm³/mol. The molecule has 0 aliphatic carbocycles. The Kier molecular flexibility index (Phi) is 4.76. The van der Waals surface area contributed by atoms with E-state index >= 15 is 0 Å². The maximum atomic E-state index is 12.6. The minimum absolute atomic E-state index is 0.00727. The topological polar surface area (TPSA) is 89.5 Å². The summed E-state index contributed by atoms with van der Waals surface area (Å²) in [7, 11) is 3.85. The maximum absolute atomic E-state index is 12.6. The van der Waals surface area contributed by atoms with Crippen LogP contribution in [0.4, 0.5) is 0 Å². The number of aromatic nitrogens is 4. The first-order valence-electron chi connectivity index (χ1n) is 8.28. The van der Waals surface area contributed by atoms with Crippen molar-refractivity contribution in [2.45, 2.75) is 26.8 Å². The minimum atomic E-state index is -0.0965. The highest BCUT2D eigenvalue weighted by molar-refractivity contribution is 5.78. The van der Waals surface area contributed by atoms with Crippen molar-refractivity contribution in [3.63, 3.8) is 0 Å². The van der Waals surface area contributed by atoms with Crippen molar-refractivity contribution in [3.05, 3.63) is 23.1 Å². The van der Waals surface area contributed by atoms with E-state index in [1.54, 1.807) is 16.5 Å². The van der Waals surface area contributed by atoms with Gasteiger partial charge in [-0.05, 0) is 27.8 Å². The third-order valence-electron chi connectivity index (χ3n) is 4.61. The smallest absolute Gasteiger partial charge is 0.260 e. The molecule has 9 heteroatoms. The van der Waals surface area contributed by atoms with E-state index in [1.807, 2.05) is 27.9 Å². The summed E-state index contributed by atoms with van der Waals surface area (Å²) in [6, 6.07) is -0.0965. The Morgan fingerprint density at radius 1 is 1.28 bits per heavy atom. The van der Waals surface area contributed by atoms with E-state index in [2.05, 4.69) is 20.1 Å². The molecule has 0 saturated carbocycles. The monoisotopic (exact) mass is 348 g/mol. The number of likely N-dealkylation sites (N-methyl/N-ethyl adjacent to an activating group) is 1. The Morgan fingerprint density at radius 3 is 2.64 bits per heavy atom. The lowest BCUT2D eigenvalue weighted by atomic mass is 10.1. The van der Waals surface area contributed by atoms with Gasteiger partial charge in [0.05, 0.1) is 5.69 Å². The van der Waals surface area contributed by atoms with Gasteiger partial charge in [-0.1, -0.05) is 5.16 Å². The van der Waals surface area contributed by atoms with Crippen molar-refractivity contribution < 1.29 is 14.1 Å². The van der Waals surface area contributed by atoms with Gasteiger partial charge in [0.2, 0.25) is 5.89 Å². The minimum Gasteiger partial charge on any atom is -0.480 e. The van der Waals surface area contributed by atoms with Gasteiger partial charge in [-0.3, -0.25) is 14.4 Å². The molecule has 0 N–H and O–H groups in total. The molecule has 2 aromatic rings. The van der Waals surface area contributed by atoms with Gasteiger partial charge in [0, 0.05) is 26.7 Å². The molecule has 1 atom stereocenters. The molecule has 1 aliphatic heterocycles. The van der Waals surface area contributed by atoms with E-state index in [0.717, 1.165) is 17.9 Å². The molecule has 3 heterocycles. The van der Waals surface area contributed by atoms with Gasteiger partial charge in [0.15, 0.2) is 18.2 Å². The van der Waals surface area contributed by atoms with Crippen LogP contribution in [0.3, 0.4) is 0 Å². The van der Waals surface area contributed by atoms with Gasteiger partial charge in [0.1, 0.15) is 11.7 Å². The number of amides is 1. The third kappa shape index (κ3) is 3.51. The van der Waals surface area contributed by atoms with Crippen molar-refractivity contribution in [3.8, 4) is 5.75 Å². The van der Waals surface area contributed by atoms with E-state index in [-0.39, 0.29) is 18.6 Å². The molecule has 0 spiro atoms. The van der Waals surface area contributed by atoms with Crippen LogP contribution in [0.15, 0.2) is 4.52 Å². The Morgan fingerprint density at radius 2 is 2.04 bits per heavy atom. The molecule has 0 bridgehead atoms. The highest BCUT2D eigenvalue weighted by atomic mass is 16.5. The molecule has 136 valence electrons. The average molecular weight is 348 g/mol. The van der Waals surface area contributed by atoms with Crippen LogP contribution in [-0.2, 0) is 11.8 Å². The Labute approximate surface area is 146 Å². The molecular formula is C16H24N6O3. The number of aryl methyl sites for hydroxylation is 3. The van der Waals surface area contributed by atoms with Crippen LogP contribution in [-0.4, -0.2) is 68.9 Å². The van der Waals surface area contributed by atoms with E-state index in [0.29, 0.717) is 30.6 Å². The number of carbonyl (C=O) groups excluding carboxylic acids is 1. The highest BCUT2D eigenvalue weighted by Gasteiger charge is 2.32. The molecule has 0 unspecified atom stereocenters. The summed E-state index contributed by atoms with van der Waals surface area (Å²) in [5, 5.41) is 8.14. The van der Waals surface area contributed by atoms with Crippen molar-refractivity contribution in [2.24, 2.45) is 7.05 Å². The first kappa shape index (κ1) is 17.4. The number of hydrogen-bond donors (Lipinski definition) is 0. The van der Waals surface area contributed by atoms with Gasteiger partial charge >= 0.3 is 0 Å². The summed E-state index contributed by atoms with van der Waals surface area (Å²) in [5.41, 5.74) is 1.69. The molecular weight excluding hydrogens is 324 g/mol. The number of nitrogens with zero attached hydrogens (tertiary/aromatic N) is 6. The van der Waals surface area contributed by atoms with Gasteiger partial charge < -0.3 is 14.2 Å². The Hall–Kier alpha value is -2.42. The number of hydrogen-bond acceptors (Lipinski definition) is 7. The van der Waals surface area contributed by atoms with Crippen molar-refractivity contribution in [2.75, 3.05) is 33.3 Å². The number of carbonyl (C=O) groups is 1. The summed E-state index contributed by atoms with van der Waals surface area (Å²) >= 11 is 0. The quantitative estimate of drug-likeness (QED) is 0.800. The molecule has 1 fully saturated rings. The number of rotatable bonds is 4. The van der Waals surface area contributed by atoms with Gasteiger partial charge in [-0.2, -0.15) is 10.1 Å². The number of ether oxygens (including phenoxy) is 1. The van der Waals surface area contributed by atoms with Gasteiger partial charge in [-0.15, -0.1) is 0 Å². The summed E-state index contributed by atoms with van der Waals surface area (Å²) in [5.74, 6) is 1.75. The molecule has 9 nitrogen and oxygen atoms in total. The standard InChI is InChI=1S/C16H24N6O3/c1-10-15(11(2)21(5)18-10)24-9-14(23)22-7-6-20(4)13(8-22)16-17-12(3)19-25-16/h13H,6-9H2,1-5H3/t13-/m0/s1. The number of piperazine rings is 1. The highest BCUT2D eigenvalue weighted by Crippen LogP contribution is 2.24. The lowest BCUT2D eigenvalue weighted by Gasteiger charge is -2.37. The summed E-state index contributed by atoms with van der Waals surface area (Å²) in [6.07, 6.45) is 0. The molecule has 3 rings (SSSR count). The first-order chi connectivity index (χ1) is 11.9. The van der Waals surface area contributed by atoms with E-state index in [9.17, 15) is 4.79 Å². The summed E-state index contributed by atoms with van der Waals surface area (Å²) in [6.45, 7) is 7.46. The second kappa shape index (κ2) is 6.83. The van der Waals surface area contributed by atoms with Crippen molar-refractivity contribution >= 4 is 5.91 Å². The van der Waals surface area contributed by atoms with Crippen LogP contribution in [0.25, 0.3) is 0 Å². The SMILES string of the molecule is Cc1noc([C@@H]2CN(C(=O)COc3c(C)nn(C)c3C)CCN2C)n1. The van der Waals surface area contributed by atoms with Crippen LogP contribution in [0, 0.1) is 20.8 Å². The van der Waals surface area contributed by atoms with Crippen LogP contribution < -0.4 is 4.74 Å². The maximum Gasteiger partial charge on any atom is 0.260 e. The zero-order chi connectivity index (χ0) is 18.1. The van der Waals surface area contributed by atoms with Gasteiger partial charge in [0.25, 0.3) is 5.91 Å². The van der Waals surface area contributed by atoms with E-state index < -0.39 is 0 Å². The summed E-state index contributed by atoms with van der Waals surface area (Å²) < 4.78 is 12.8. The molecule has 0 radical (unpaired) electrons. The third-order valence-corrected chi connectivity index (χ3v) is 4.61. The predicted octanol–water partition coefficient (Wildman–Crippen LogP) is 0.622. The zero-order valence-electron chi connectivity index (χ0n) is 15.3. The molecule has 0 aromatic carbocycles. The Balaban J connectivity index is 1.64. The molecule has 25 heavy (non-hydrogen) atoms. The lowest BCUT2D eigenvalue weighted by Crippen LogP contribution is -2.50. The zero-order valence-corrected chi connectivity index (χ0v) is 15.3.